The van der Waals surface area contributed by atoms with E-state index in [-0.39, 0.29) is 9.12 Å². The second kappa shape index (κ2) is 11.7. The Balaban J connectivity index is 1.58. The van der Waals surface area contributed by atoms with Gasteiger partial charge in [0.05, 0.1) is 4.08 Å². The van der Waals surface area contributed by atoms with Gasteiger partial charge >= 0.3 is 0 Å². The van der Waals surface area contributed by atoms with Crippen LogP contribution in [0.2, 0.25) is 5.04 Å². The van der Waals surface area contributed by atoms with Crippen LogP contribution in [0.5, 0.6) is 0 Å². The molecule has 33 heavy (non-hydrogen) atoms. The number of hydrogen-bond donors (Lipinski definition) is 0. The van der Waals surface area contributed by atoms with Gasteiger partial charge in [0.25, 0.3) is 8.32 Å². The van der Waals surface area contributed by atoms with Crippen LogP contribution in [0.15, 0.2) is 60.7 Å². The summed E-state index contributed by atoms with van der Waals surface area (Å²) in [6.45, 7) is 12.1. The van der Waals surface area contributed by atoms with Crippen molar-refractivity contribution in [2.45, 2.75) is 87.5 Å². The van der Waals surface area contributed by atoms with Crippen LogP contribution in [0, 0.1) is 0 Å². The molecule has 0 N–H and O–H groups in total. The van der Waals surface area contributed by atoms with Gasteiger partial charge in [-0.3, -0.25) is 4.21 Å². The Labute approximate surface area is 209 Å². The van der Waals surface area contributed by atoms with Crippen LogP contribution in [0.3, 0.4) is 0 Å². The highest BCUT2D eigenvalue weighted by atomic mass is 32.2. The number of hydrogen-bond acceptors (Lipinski definition) is 3. The summed E-state index contributed by atoms with van der Waals surface area (Å²) in [5.74, 6) is 1.15. The lowest BCUT2D eigenvalue weighted by Gasteiger charge is -2.43. The first kappa shape index (κ1) is 26.7. The van der Waals surface area contributed by atoms with Gasteiger partial charge in [-0.15, -0.1) is 11.8 Å². The highest BCUT2D eigenvalue weighted by molar-refractivity contribution is 8.13. The van der Waals surface area contributed by atoms with E-state index in [1.54, 1.807) is 0 Å². The molecule has 0 bridgehead atoms. The van der Waals surface area contributed by atoms with Crippen molar-refractivity contribution in [3.63, 3.8) is 0 Å². The molecule has 2 atom stereocenters. The summed E-state index contributed by atoms with van der Waals surface area (Å²) in [7, 11) is -3.13. The molecule has 0 aliphatic carbocycles. The highest BCUT2D eigenvalue weighted by Gasteiger charge is 2.49. The van der Waals surface area contributed by atoms with Gasteiger partial charge in [-0.1, -0.05) is 101 Å². The zero-order chi connectivity index (χ0) is 24.0. The molecule has 182 valence electrons. The standard InChI is InChI=1S/C28H42O2S2Si/c1-27(2,3)33(25-17-11-8-12-18-25,26-19-13-9-14-20-26)30-22-15-7-6-10-16-24-21-23-31-28(4,5)32(24)29/h8-9,11-14,17-20,24H,6-7,10,15-16,21-23H2,1-5H3. The molecule has 1 saturated heterocycles. The Bertz CT molecular complexity index is 838. The van der Waals surface area contributed by atoms with Crippen molar-refractivity contribution in [2.24, 2.45) is 0 Å². The molecule has 2 unspecified atom stereocenters. The molecule has 2 nitrogen and oxygen atoms in total. The third-order valence-corrected chi connectivity index (χ3v) is 15.9. The lowest BCUT2D eigenvalue weighted by molar-refractivity contribution is 0.286. The maximum atomic E-state index is 12.8. The van der Waals surface area contributed by atoms with Crippen LogP contribution in [0.1, 0.15) is 73.1 Å². The fourth-order valence-corrected chi connectivity index (χ4v) is 13.4. The quantitative estimate of drug-likeness (QED) is 0.274. The molecule has 0 spiro atoms. The topological polar surface area (TPSA) is 26.3 Å². The first-order valence-corrected chi connectivity index (χ1v) is 16.6. The third kappa shape index (κ3) is 6.42. The van der Waals surface area contributed by atoms with Crippen molar-refractivity contribution in [3.05, 3.63) is 60.7 Å². The second-order valence-electron chi connectivity index (χ2n) is 10.7. The SMILES string of the molecule is CC1(C)SCCC(CCCCCCO[Si](c2ccccc2)(c2ccccc2)C(C)(C)C)S1=O. The number of thioether (sulfide) groups is 1. The summed E-state index contributed by atoms with van der Waals surface area (Å²) in [5, 5.41) is 3.12. The first-order chi connectivity index (χ1) is 15.7. The average Bonchev–Trinajstić information content (AvgIpc) is 2.79. The molecule has 2 aromatic rings. The maximum absolute atomic E-state index is 12.8. The summed E-state index contributed by atoms with van der Waals surface area (Å²) in [5.41, 5.74) is 0. The van der Waals surface area contributed by atoms with Gasteiger partial charge in [-0.2, -0.15) is 0 Å². The zero-order valence-electron chi connectivity index (χ0n) is 21.1. The van der Waals surface area contributed by atoms with Gasteiger partial charge in [0, 0.05) is 22.7 Å². The fourth-order valence-electron chi connectivity index (χ4n) is 5.07. The summed E-state index contributed by atoms with van der Waals surface area (Å²) in [6, 6.07) is 21.8. The second-order valence-corrected chi connectivity index (χ2v) is 19.2. The summed E-state index contributed by atoms with van der Waals surface area (Å²) >= 11 is 1.87. The first-order valence-electron chi connectivity index (χ1n) is 12.5. The molecule has 1 aliphatic rings. The molecule has 0 saturated carbocycles. The monoisotopic (exact) mass is 502 g/mol. The minimum Gasteiger partial charge on any atom is -0.407 e. The normalized spacial score (nSPS) is 21.1. The van der Waals surface area contributed by atoms with Crippen molar-refractivity contribution in [1.82, 2.24) is 0 Å². The van der Waals surface area contributed by atoms with Gasteiger partial charge in [0.1, 0.15) is 0 Å². The van der Waals surface area contributed by atoms with Crippen molar-refractivity contribution < 1.29 is 8.63 Å². The maximum Gasteiger partial charge on any atom is 0.261 e. The number of unbranched alkanes of at least 4 members (excludes halogenated alkanes) is 3. The molecule has 0 radical (unpaired) electrons. The van der Waals surface area contributed by atoms with E-state index in [1.807, 2.05) is 11.8 Å². The Morgan fingerprint density at radius 3 is 2.03 bits per heavy atom. The summed E-state index contributed by atoms with van der Waals surface area (Å²) < 4.78 is 19.7. The minimum atomic E-state index is -2.41. The van der Waals surface area contributed by atoms with Gasteiger partial charge in [-0.25, -0.2) is 0 Å². The summed E-state index contributed by atoms with van der Waals surface area (Å²) in [4.78, 5) is 0. The zero-order valence-corrected chi connectivity index (χ0v) is 23.8. The van der Waals surface area contributed by atoms with E-state index in [2.05, 4.69) is 95.3 Å². The van der Waals surface area contributed by atoms with Crippen LogP contribution in [0.25, 0.3) is 0 Å². The molecule has 1 fully saturated rings. The van der Waals surface area contributed by atoms with Crippen molar-refractivity contribution in [3.8, 4) is 0 Å². The Morgan fingerprint density at radius 1 is 0.939 bits per heavy atom. The van der Waals surface area contributed by atoms with E-state index in [0.29, 0.717) is 5.25 Å². The van der Waals surface area contributed by atoms with E-state index < -0.39 is 19.1 Å². The van der Waals surface area contributed by atoms with Gasteiger partial charge < -0.3 is 4.43 Å². The van der Waals surface area contributed by atoms with Crippen molar-refractivity contribution >= 4 is 41.3 Å². The van der Waals surface area contributed by atoms with Crippen LogP contribution >= 0.6 is 11.8 Å². The third-order valence-electron chi connectivity index (χ3n) is 6.83. The largest absolute Gasteiger partial charge is 0.407 e. The van der Waals surface area contributed by atoms with Gasteiger partial charge in [0.2, 0.25) is 0 Å². The smallest absolute Gasteiger partial charge is 0.261 e. The number of rotatable bonds is 10. The van der Waals surface area contributed by atoms with Crippen LogP contribution in [0.4, 0.5) is 0 Å². The van der Waals surface area contributed by atoms with E-state index in [4.69, 9.17) is 4.43 Å². The van der Waals surface area contributed by atoms with Crippen LogP contribution < -0.4 is 10.4 Å². The molecule has 1 heterocycles. The van der Waals surface area contributed by atoms with Gasteiger partial charge in [-0.05, 0) is 54.3 Å². The lowest BCUT2D eigenvalue weighted by Crippen LogP contribution is -2.66. The summed E-state index contributed by atoms with van der Waals surface area (Å²) in [6.07, 6.45) is 6.85. The predicted molar refractivity (Wildman–Crippen MR) is 150 cm³/mol. The average molecular weight is 503 g/mol. The van der Waals surface area contributed by atoms with E-state index in [1.165, 1.54) is 29.6 Å². The molecular weight excluding hydrogens is 461 g/mol. The van der Waals surface area contributed by atoms with Crippen LogP contribution in [-0.4, -0.2) is 34.2 Å². The molecule has 2 aromatic carbocycles. The molecule has 0 amide bonds. The molecular formula is C28H42O2S2Si. The van der Waals surface area contributed by atoms with Crippen molar-refractivity contribution in [2.75, 3.05) is 12.4 Å². The molecule has 0 aromatic heterocycles. The molecule has 1 aliphatic heterocycles. The van der Waals surface area contributed by atoms with E-state index >= 15 is 0 Å². The fraction of sp³-hybridized carbons (Fsp3) is 0.571. The molecule has 5 heteroatoms. The molecule has 3 rings (SSSR count). The highest BCUT2D eigenvalue weighted by Crippen LogP contribution is 2.39. The van der Waals surface area contributed by atoms with E-state index in [0.717, 1.165) is 31.6 Å². The predicted octanol–water partition coefficient (Wildman–Crippen LogP) is 6.50. The number of benzene rings is 2. The Hall–Kier alpha value is -0.883. The Morgan fingerprint density at radius 2 is 1.48 bits per heavy atom. The van der Waals surface area contributed by atoms with Crippen LogP contribution in [-0.2, 0) is 15.2 Å². The Kier molecular flexibility index (Phi) is 9.47. The van der Waals surface area contributed by atoms with Crippen molar-refractivity contribution in [1.29, 1.82) is 0 Å². The minimum absolute atomic E-state index is 0.0333. The lowest BCUT2D eigenvalue weighted by atomic mass is 10.1. The van der Waals surface area contributed by atoms with E-state index in [9.17, 15) is 4.21 Å². The van der Waals surface area contributed by atoms with Gasteiger partial charge in [0.15, 0.2) is 0 Å².